The third kappa shape index (κ3) is 7.81. The summed E-state index contributed by atoms with van der Waals surface area (Å²) in [5.74, 6) is 0.662. The third-order valence-corrected chi connectivity index (χ3v) is 3.57. The van der Waals surface area contributed by atoms with Gasteiger partial charge in [0.15, 0.2) is 5.96 Å². The number of amides is 2. The number of hydrogen-bond donors (Lipinski definition) is 1. The lowest BCUT2D eigenvalue weighted by molar-refractivity contribution is -0.147. The van der Waals surface area contributed by atoms with Crippen molar-refractivity contribution in [3.8, 4) is 0 Å². The van der Waals surface area contributed by atoms with Crippen LogP contribution in [-0.4, -0.2) is 60.8 Å². The molecule has 132 valence electrons. The van der Waals surface area contributed by atoms with E-state index in [-0.39, 0.29) is 35.8 Å². The molecular formula is C16H29IN4O2. The number of likely N-dealkylation sites (tertiary alicyclic amines) is 1. The number of piperidine rings is 1. The smallest absolute Gasteiger partial charge is 0.229 e. The van der Waals surface area contributed by atoms with Crippen molar-refractivity contribution in [3.63, 3.8) is 0 Å². The monoisotopic (exact) mass is 436 g/mol. The van der Waals surface area contributed by atoms with Gasteiger partial charge < -0.3 is 10.2 Å². The van der Waals surface area contributed by atoms with Gasteiger partial charge in [0, 0.05) is 39.5 Å². The second-order valence-electron chi connectivity index (χ2n) is 5.38. The first-order valence-electron chi connectivity index (χ1n) is 8.03. The number of carbonyl (C=O) groups is 2. The molecule has 23 heavy (non-hydrogen) atoms. The highest BCUT2D eigenvalue weighted by Gasteiger charge is 2.25. The van der Waals surface area contributed by atoms with Gasteiger partial charge in [0.1, 0.15) is 0 Å². The fraction of sp³-hybridized carbons (Fsp3) is 0.688. The van der Waals surface area contributed by atoms with Crippen molar-refractivity contribution >= 4 is 41.8 Å². The second kappa shape index (κ2) is 12.3. The SMILES string of the molecule is C=CCCCN(C)C(=NCCN1C(=O)CCCC1=O)NCC.I. The molecule has 0 saturated carbocycles. The van der Waals surface area contributed by atoms with Crippen LogP contribution in [0, 0.1) is 0 Å². The van der Waals surface area contributed by atoms with Crippen molar-refractivity contribution < 1.29 is 9.59 Å². The summed E-state index contributed by atoms with van der Waals surface area (Å²) in [4.78, 5) is 31.4. The predicted molar refractivity (Wildman–Crippen MR) is 104 cm³/mol. The molecule has 1 saturated heterocycles. The lowest BCUT2D eigenvalue weighted by Crippen LogP contribution is -2.43. The van der Waals surface area contributed by atoms with Gasteiger partial charge in [-0.3, -0.25) is 19.5 Å². The minimum Gasteiger partial charge on any atom is -0.357 e. The molecule has 0 aromatic carbocycles. The van der Waals surface area contributed by atoms with E-state index in [1.165, 1.54) is 4.90 Å². The number of hydrogen-bond acceptors (Lipinski definition) is 3. The lowest BCUT2D eigenvalue weighted by atomic mass is 10.1. The number of nitrogens with one attached hydrogen (secondary N) is 1. The van der Waals surface area contributed by atoms with Crippen LogP contribution < -0.4 is 5.32 Å². The summed E-state index contributed by atoms with van der Waals surface area (Å²) in [6.45, 7) is 8.22. The van der Waals surface area contributed by atoms with Crippen molar-refractivity contribution in [1.82, 2.24) is 15.1 Å². The molecule has 0 unspecified atom stereocenters. The van der Waals surface area contributed by atoms with E-state index < -0.39 is 0 Å². The summed E-state index contributed by atoms with van der Waals surface area (Å²) >= 11 is 0. The third-order valence-electron chi connectivity index (χ3n) is 3.57. The first-order chi connectivity index (χ1) is 10.6. The van der Waals surface area contributed by atoms with Crippen LogP contribution in [-0.2, 0) is 9.59 Å². The minimum absolute atomic E-state index is 0. The molecule has 0 aromatic rings. The van der Waals surface area contributed by atoms with E-state index in [9.17, 15) is 9.59 Å². The molecule has 1 aliphatic rings. The van der Waals surface area contributed by atoms with Gasteiger partial charge in [-0.05, 0) is 26.2 Å². The van der Waals surface area contributed by atoms with Gasteiger partial charge in [-0.25, -0.2) is 0 Å². The number of nitrogens with zero attached hydrogens (tertiary/aromatic N) is 3. The fourth-order valence-electron chi connectivity index (χ4n) is 2.35. The molecule has 1 heterocycles. The van der Waals surface area contributed by atoms with Gasteiger partial charge in [0.25, 0.3) is 0 Å². The van der Waals surface area contributed by atoms with Crippen LogP contribution in [0.4, 0.5) is 0 Å². The Morgan fingerprint density at radius 1 is 1.39 bits per heavy atom. The average molecular weight is 436 g/mol. The highest BCUT2D eigenvalue weighted by molar-refractivity contribution is 14.0. The van der Waals surface area contributed by atoms with E-state index in [1.54, 1.807) is 0 Å². The quantitative estimate of drug-likeness (QED) is 0.158. The van der Waals surface area contributed by atoms with Crippen molar-refractivity contribution in [3.05, 3.63) is 12.7 Å². The molecule has 2 amide bonds. The van der Waals surface area contributed by atoms with Gasteiger partial charge in [-0.2, -0.15) is 0 Å². The molecule has 0 radical (unpaired) electrons. The Hall–Kier alpha value is -1.12. The van der Waals surface area contributed by atoms with E-state index in [0.29, 0.717) is 32.4 Å². The largest absolute Gasteiger partial charge is 0.357 e. The Morgan fingerprint density at radius 2 is 2.04 bits per heavy atom. The maximum absolute atomic E-state index is 11.7. The molecular weight excluding hydrogens is 407 g/mol. The minimum atomic E-state index is -0.0733. The molecule has 1 N–H and O–H groups in total. The summed E-state index contributed by atoms with van der Waals surface area (Å²) in [5.41, 5.74) is 0. The molecule has 0 bridgehead atoms. The summed E-state index contributed by atoms with van der Waals surface area (Å²) < 4.78 is 0. The molecule has 1 rings (SSSR count). The lowest BCUT2D eigenvalue weighted by Gasteiger charge is -2.25. The number of halogens is 1. The maximum atomic E-state index is 11.7. The summed E-state index contributed by atoms with van der Waals surface area (Å²) in [5, 5.41) is 3.23. The zero-order valence-corrected chi connectivity index (χ0v) is 16.5. The first-order valence-corrected chi connectivity index (χ1v) is 8.03. The molecule has 6 nitrogen and oxygen atoms in total. The van der Waals surface area contributed by atoms with Gasteiger partial charge >= 0.3 is 0 Å². The Kier molecular flexibility index (Phi) is 11.7. The van der Waals surface area contributed by atoms with E-state index in [1.807, 2.05) is 20.0 Å². The number of carbonyl (C=O) groups excluding carboxylic acids is 2. The topological polar surface area (TPSA) is 65.0 Å². The number of rotatable bonds is 8. The van der Waals surface area contributed by atoms with E-state index >= 15 is 0 Å². The second-order valence-corrected chi connectivity index (χ2v) is 5.38. The van der Waals surface area contributed by atoms with Crippen LogP contribution in [0.15, 0.2) is 17.6 Å². The fourth-order valence-corrected chi connectivity index (χ4v) is 2.35. The number of allylic oxidation sites excluding steroid dienone is 1. The van der Waals surface area contributed by atoms with Gasteiger partial charge in [0.2, 0.25) is 11.8 Å². The van der Waals surface area contributed by atoms with Crippen LogP contribution in [0.3, 0.4) is 0 Å². The standard InChI is InChI=1S/C16H28N4O2.HI/c1-4-6-7-12-19(3)16(17-5-2)18-11-13-20-14(21)9-8-10-15(20)22;/h4H,1,5-13H2,2-3H3,(H,17,18);1H. The van der Waals surface area contributed by atoms with Crippen molar-refractivity contribution in [2.75, 3.05) is 33.2 Å². The Balaban J connectivity index is 0.00000484. The van der Waals surface area contributed by atoms with Crippen LogP contribution in [0.2, 0.25) is 0 Å². The molecule has 0 spiro atoms. The van der Waals surface area contributed by atoms with Gasteiger partial charge in [-0.15, -0.1) is 30.6 Å². The van der Waals surface area contributed by atoms with Crippen LogP contribution >= 0.6 is 24.0 Å². The zero-order valence-electron chi connectivity index (χ0n) is 14.2. The first kappa shape index (κ1) is 21.9. The molecule has 1 aliphatic heterocycles. The predicted octanol–water partition coefficient (Wildman–Crippen LogP) is 2.01. The van der Waals surface area contributed by atoms with Crippen molar-refractivity contribution in [1.29, 1.82) is 0 Å². The van der Waals surface area contributed by atoms with Crippen LogP contribution in [0.1, 0.15) is 39.0 Å². The highest BCUT2D eigenvalue weighted by Crippen LogP contribution is 2.11. The molecule has 1 fully saturated rings. The molecule has 0 aromatic heterocycles. The molecule has 0 atom stereocenters. The Morgan fingerprint density at radius 3 is 2.61 bits per heavy atom. The Bertz CT molecular complexity index is 410. The van der Waals surface area contributed by atoms with E-state index in [0.717, 1.165) is 31.9 Å². The van der Waals surface area contributed by atoms with Crippen LogP contribution in [0.5, 0.6) is 0 Å². The number of imide groups is 1. The molecule has 7 heteroatoms. The van der Waals surface area contributed by atoms with Crippen molar-refractivity contribution in [2.24, 2.45) is 4.99 Å². The van der Waals surface area contributed by atoms with Gasteiger partial charge in [0.05, 0.1) is 6.54 Å². The average Bonchev–Trinajstić information content (AvgIpc) is 2.49. The Labute approximate surface area is 156 Å². The van der Waals surface area contributed by atoms with Gasteiger partial charge in [-0.1, -0.05) is 6.08 Å². The normalized spacial score (nSPS) is 15.2. The maximum Gasteiger partial charge on any atom is 0.229 e. The summed E-state index contributed by atoms with van der Waals surface area (Å²) in [6, 6.07) is 0. The van der Waals surface area contributed by atoms with E-state index in [4.69, 9.17) is 0 Å². The van der Waals surface area contributed by atoms with Crippen LogP contribution in [0.25, 0.3) is 0 Å². The number of unbranched alkanes of at least 4 members (excludes halogenated alkanes) is 1. The number of guanidine groups is 1. The summed E-state index contributed by atoms with van der Waals surface area (Å²) in [7, 11) is 1.99. The highest BCUT2D eigenvalue weighted by atomic mass is 127. The molecule has 0 aliphatic carbocycles. The number of aliphatic imine (C=N–C) groups is 1. The van der Waals surface area contributed by atoms with E-state index in [2.05, 4.69) is 21.8 Å². The van der Waals surface area contributed by atoms with Crippen molar-refractivity contribution in [2.45, 2.75) is 39.0 Å². The summed E-state index contributed by atoms with van der Waals surface area (Å²) in [6.07, 6.45) is 5.51. The zero-order chi connectivity index (χ0) is 16.4.